The van der Waals surface area contributed by atoms with Gasteiger partial charge in [0.25, 0.3) is 0 Å². The average molecular weight is 140 g/mol. The number of rotatable bonds is 0. The van der Waals surface area contributed by atoms with Gasteiger partial charge in [-0.2, -0.15) is 0 Å². The monoisotopic (exact) mass is 140 g/mol. The molecule has 10 heavy (non-hydrogen) atoms. The fourth-order valence-electron chi connectivity index (χ4n) is 0.691. The van der Waals surface area contributed by atoms with Crippen molar-refractivity contribution in [2.75, 3.05) is 0 Å². The number of halogens is 1. The zero-order valence-electron chi connectivity index (χ0n) is 4.98. The van der Waals surface area contributed by atoms with E-state index in [1.165, 1.54) is 6.33 Å². The third-order valence-electron chi connectivity index (χ3n) is 1.10. The highest BCUT2D eigenvalue weighted by atomic mass is 19.0. The Hall–Kier alpha value is -1.52. The predicted octanol–water partition coefficient (Wildman–Crippen LogP) is 0.505. The van der Waals surface area contributed by atoms with Crippen LogP contribution in [0, 0.1) is 0 Å². The molecule has 2 aromatic rings. The van der Waals surface area contributed by atoms with Crippen molar-refractivity contribution >= 4 is 11.2 Å². The number of H-pyrrole nitrogens is 1. The summed E-state index contributed by atoms with van der Waals surface area (Å²) in [6, 6.07) is 0. The van der Waals surface area contributed by atoms with Crippen molar-refractivity contribution < 1.29 is 4.70 Å². The van der Waals surface area contributed by atoms with Crippen molar-refractivity contribution in [3.63, 3.8) is 0 Å². The van der Waals surface area contributed by atoms with Crippen LogP contribution in [0.15, 0.2) is 18.9 Å². The Morgan fingerprint density at radius 1 is 1.30 bits per heavy atom. The summed E-state index contributed by atoms with van der Waals surface area (Å²) < 4.78 is 0. The lowest BCUT2D eigenvalue weighted by Gasteiger charge is -1.80. The van der Waals surface area contributed by atoms with Gasteiger partial charge in [-0.1, -0.05) is 0 Å². The highest BCUT2D eigenvalue weighted by molar-refractivity contribution is 5.67. The lowest BCUT2D eigenvalue weighted by molar-refractivity contribution is 1.11. The van der Waals surface area contributed by atoms with E-state index in [1.54, 1.807) is 12.5 Å². The number of nitrogens with one attached hydrogen (secondary N) is 1. The summed E-state index contributed by atoms with van der Waals surface area (Å²) in [5.41, 5.74) is 1.59. The molecule has 2 heterocycles. The molecule has 52 valence electrons. The fourth-order valence-corrected chi connectivity index (χ4v) is 0.691. The van der Waals surface area contributed by atoms with Crippen molar-refractivity contribution in [2.45, 2.75) is 0 Å². The maximum atomic E-state index is 3.91. The second-order valence-electron chi connectivity index (χ2n) is 1.66. The van der Waals surface area contributed by atoms with Gasteiger partial charge in [-0.05, 0) is 0 Å². The number of fused-ring (bicyclic) bond motifs is 1. The maximum absolute atomic E-state index is 3.91. The number of hydrogen-bond acceptors (Lipinski definition) is 3. The first-order valence-electron chi connectivity index (χ1n) is 2.56. The highest BCUT2D eigenvalue weighted by Gasteiger charge is 1.91. The predicted molar refractivity (Wildman–Crippen MR) is 34.2 cm³/mol. The molecule has 0 fully saturated rings. The summed E-state index contributed by atoms with van der Waals surface area (Å²) in [5, 5.41) is 0. The first kappa shape index (κ1) is 6.60. The molecule has 0 saturated heterocycles. The molecule has 2 aromatic heterocycles. The lowest BCUT2D eigenvalue weighted by atomic mass is 10.6. The molecule has 0 unspecified atom stereocenters. The number of hydrogen-bond donors (Lipinski definition) is 1. The number of aromatic nitrogens is 4. The van der Waals surface area contributed by atoms with Crippen molar-refractivity contribution in [3.8, 4) is 0 Å². The summed E-state index contributed by atoms with van der Waals surface area (Å²) in [4.78, 5) is 14.5. The molecule has 4 nitrogen and oxygen atoms in total. The number of nitrogens with zero attached hydrogens (tertiary/aromatic N) is 3. The van der Waals surface area contributed by atoms with E-state index in [4.69, 9.17) is 0 Å². The van der Waals surface area contributed by atoms with Crippen molar-refractivity contribution in [1.29, 1.82) is 0 Å². The van der Waals surface area contributed by atoms with E-state index < -0.39 is 0 Å². The molecule has 0 radical (unpaired) electrons. The summed E-state index contributed by atoms with van der Waals surface area (Å²) in [7, 11) is 0. The van der Waals surface area contributed by atoms with Crippen molar-refractivity contribution in [1.82, 2.24) is 19.9 Å². The highest BCUT2D eigenvalue weighted by Crippen LogP contribution is 1.99. The zero-order valence-corrected chi connectivity index (χ0v) is 4.98. The van der Waals surface area contributed by atoms with Crippen LogP contribution >= 0.6 is 0 Å². The van der Waals surface area contributed by atoms with E-state index in [0.717, 1.165) is 5.52 Å². The molecule has 0 atom stereocenters. The van der Waals surface area contributed by atoms with Gasteiger partial charge in [-0.15, -0.1) is 0 Å². The molecule has 5 heteroatoms. The van der Waals surface area contributed by atoms with Gasteiger partial charge in [0.1, 0.15) is 11.8 Å². The van der Waals surface area contributed by atoms with E-state index in [2.05, 4.69) is 19.9 Å². The average Bonchev–Trinajstić information content (AvgIpc) is 2.33. The normalized spacial score (nSPS) is 9.20. The first-order chi connectivity index (χ1) is 4.47. The van der Waals surface area contributed by atoms with Crippen LogP contribution in [0.4, 0.5) is 4.70 Å². The molecule has 0 aliphatic rings. The Morgan fingerprint density at radius 3 is 3.00 bits per heavy atom. The van der Waals surface area contributed by atoms with E-state index >= 15 is 0 Å². The van der Waals surface area contributed by atoms with Gasteiger partial charge in [-0.3, -0.25) is 4.70 Å². The van der Waals surface area contributed by atoms with E-state index in [-0.39, 0.29) is 4.70 Å². The van der Waals surface area contributed by atoms with Crippen LogP contribution in [0.5, 0.6) is 0 Å². The molecule has 1 N–H and O–H groups in total. The third kappa shape index (κ3) is 0.812. The summed E-state index contributed by atoms with van der Waals surface area (Å²) in [6.07, 6.45) is 4.76. The minimum absolute atomic E-state index is 0. The quantitative estimate of drug-likeness (QED) is 0.579. The minimum atomic E-state index is 0. The molecule has 0 aliphatic heterocycles. The van der Waals surface area contributed by atoms with E-state index in [1.807, 2.05) is 0 Å². The zero-order chi connectivity index (χ0) is 6.10. The van der Waals surface area contributed by atoms with Crippen molar-refractivity contribution in [2.24, 2.45) is 0 Å². The number of imidazole rings is 1. The van der Waals surface area contributed by atoms with Gasteiger partial charge in [0.2, 0.25) is 0 Å². The molecule has 0 spiro atoms. The van der Waals surface area contributed by atoms with Gasteiger partial charge in [-0.25, -0.2) is 15.0 Å². The maximum Gasteiger partial charge on any atom is 0.180 e. The molecule has 0 aromatic carbocycles. The van der Waals surface area contributed by atoms with E-state index in [9.17, 15) is 0 Å². The molecule has 0 saturated carbocycles. The van der Waals surface area contributed by atoms with E-state index in [0.29, 0.717) is 5.65 Å². The fraction of sp³-hybridized carbons (Fsp3) is 0. The van der Waals surface area contributed by atoms with Crippen LogP contribution in [0.2, 0.25) is 0 Å². The lowest BCUT2D eigenvalue weighted by Crippen LogP contribution is -1.76. The minimum Gasteiger partial charge on any atom is -0.342 e. The van der Waals surface area contributed by atoms with Gasteiger partial charge in [0.05, 0.1) is 12.5 Å². The number of aromatic amines is 1. The topological polar surface area (TPSA) is 54.5 Å². The largest absolute Gasteiger partial charge is 0.342 e. The van der Waals surface area contributed by atoms with Crippen LogP contribution in [0.25, 0.3) is 11.2 Å². The molecular formula is C5H5FN4. The summed E-state index contributed by atoms with van der Waals surface area (Å²) in [5.74, 6) is 0. The standard InChI is InChI=1S/C5H4N4.FH/c1-4-5(8-2-6-1)9-3-7-4;/h1-3H,(H,6,7,8,9);1H. The Morgan fingerprint density at radius 2 is 2.20 bits per heavy atom. The molecule has 0 bridgehead atoms. The second kappa shape index (κ2) is 2.38. The SMILES string of the molecule is F.c1ncc2[nH]cnc2n1. The van der Waals surface area contributed by atoms with Gasteiger partial charge in [0, 0.05) is 0 Å². The van der Waals surface area contributed by atoms with Crippen molar-refractivity contribution in [3.05, 3.63) is 18.9 Å². The summed E-state index contributed by atoms with van der Waals surface area (Å²) in [6.45, 7) is 0. The molecular weight excluding hydrogens is 135 g/mol. The smallest absolute Gasteiger partial charge is 0.180 e. The molecule has 0 amide bonds. The van der Waals surface area contributed by atoms with Crippen LogP contribution in [-0.2, 0) is 0 Å². The molecule has 2 rings (SSSR count). The Kier molecular flexibility index (Phi) is 1.57. The van der Waals surface area contributed by atoms with Crippen LogP contribution in [0.3, 0.4) is 0 Å². The van der Waals surface area contributed by atoms with Gasteiger partial charge >= 0.3 is 0 Å². The van der Waals surface area contributed by atoms with Crippen LogP contribution in [0.1, 0.15) is 0 Å². The molecule has 0 aliphatic carbocycles. The van der Waals surface area contributed by atoms with Crippen LogP contribution < -0.4 is 0 Å². The van der Waals surface area contributed by atoms with Crippen LogP contribution in [-0.4, -0.2) is 19.9 Å². The second-order valence-corrected chi connectivity index (χ2v) is 1.66. The van der Waals surface area contributed by atoms with Gasteiger partial charge < -0.3 is 4.98 Å². The first-order valence-corrected chi connectivity index (χ1v) is 2.56. The van der Waals surface area contributed by atoms with Gasteiger partial charge in [0.15, 0.2) is 5.65 Å². The Labute approximate surface area is 55.7 Å². The Bertz CT molecular complexity index is 288. The summed E-state index contributed by atoms with van der Waals surface area (Å²) >= 11 is 0. The third-order valence-corrected chi connectivity index (χ3v) is 1.10. The Balaban J connectivity index is 0.000000500.